The summed E-state index contributed by atoms with van der Waals surface area (Å²) in [7, 11) is -8.30. The number of nitrogens with two attached hydrogens (primary N) is 2. The molecule has 0 saturated heterocycles. The van der Waals surface area contributed by atoms with E-state index in [0.717, 1.165) is 34.4 Å². The lowest BCUT2D eigenvalue weighted by Gasteiger charge is -2.35. The van der Waals surface area contributed by atoms with E-state index in [4.69, 9.17) is 38.2 Å². The normalized spacial score (nSPS) is 22.8. The van der Waals surface area contributed by atoms with Crippen molar-refractivity contribution in [3.05, 3.63) is 130 Å². The first-order chi connectivity index (χ1) is 38.2. The number of ketones is 2. The summed E-state index contributed by atoms with van der Waals surface area (Å²) in [6.07, 6.45) is -0.387. The predicted octanol–water partition coefficient (Wildman–Crippen LogP) is 5.66. The van der Waals surface area contributed by atoms with Crippen LogP contribution >= 0.6 is 45.9 Å². The van der Waals surface area contributed by atoms with E-state index in [2.05, 4.69) is 43.9 Å². The highest BCUT2D eigenvalue weighted by atomic mass is 35.5. The Morgan fingerprint density at radius 1 is 0.815 bits per heavy atom. The van der Waals surface area contributed by atoms with Gasteiger partial charge in [-0.2, -0.15) is 30.0 Å². The summed E-state index contributed by atoms with van der Waals surface area (Å²) < 4.78 is 101. The Hall–Kier alpha value is -5.81. The van der Waals surface area contributed by atoms with Gasteiger partial charge in [-0.25, -0.2) is 40.0 Å². The van der Waals surface area contributed by atoms with Gasteiger partial charge in [0.25, 0.3) is 0 Å². The lowest BCUT2D eigenvalue weighted by atomic mass is 9.89. The number of amides is 1. The van der Waals surface area contributed by atoms with Gasteiger partial charge < -0.3 is 35.3 Å². The van der Waals surface area contributed by atoms with Crippen LogP contribution in [0.5, 0.6) is 0 Å². The molecule has 81 heavy (non-hydrogen) atoms. The number of thiophene rings is 2. The number of carbonyl (C=O) groups excluding carboxylic acids is 2. The number of halogens is 5. The minimum Gasteiger partial charge on any atom is -0.465 e. The third kappa shape index (κ3) is 14.0. The van der Waals surface area contributed by atoms with Crippen LogP contribution < -0.4 is 20.9 Å². The van der Waals surface area contributed by atoms with Crippen LogP contribution in [0.3, 0.4) is 0 Å². The molecule has 434 valence electrons. The Balaban J connectivity index is 0.000000196. The monoisotopic (exact) mass is 1240 g/mol. The van der Waals surface area contributed by atoms with Crippen LogP contribution in [-0.4, -0.2) is 135 Å². The van der Waals surface area contributed by atoms with Crippen molar-refractivity contribution < 1.29 is 72.8 Å². The lowest BCUT2D eigenvalue weighted by Crippen LogP contribution is -2.39. The van der Waals surface area contributed by atoms with Crippen molar-refractivity contribution in [1.29, 1.82) is 0 Å². The number of carboxylic acid groups (broad SMARTS) is 1. The molecule has 7 heterocycles. The molecule has 4 aliphatic rings. The van der Waals surface area contributed by atoms with Crippen LogP contribution in [0.1, 0.15) is 107 Å². The summed E-state index contributed by atoms with van der Waals surface area (Å²) in [6, 6.07) is 7.07. The van der Waals surface area contributed by atoms with Gasteiger partial charge >= 0.3 is 32.9 Å². The molecule has 10 rings (SSSR count). The SMILES string of the molecule is Cc1sc(C(=O)c2cncnc2N[C@@H]2C[C@H](COS(N)(=O)=O)[C@@H](O)C2)cc1[C@@H]1OCCn2cc(C(F)(F)F)nc21.NS(=O)(=O)OC[C@H]1C[C@@H](Nc2ncncc2C(=O)c2cc([C@@H]3c4cc(Cl)ccc4CCN3C(=O)O)c(Cl)s2)C[C@@H]1O. The van der Waals surface area contributed by atoms with E-state index in [-0.39, 0.29) is 95.6 Å². The zero-order valence-corrected chi connectivity index (χ0v) is 47.0. The number of nitrogens with zero attached hydrogens (tertiary/aromatic N) is 7. The van der Waals surface area contributed by atoms with Crippen molar-refractivity contribution in [2.45, 2.75) is 88.2 Å². The number of imidazole rings is 1. The van der Waals surface area contributed by atoms with Gasteiger partial charge in [0.2, 0.25) is 11.6 Å². The maximum Gasteiger partial charge on any atom is 0.434 e. The standard InChI is InChI=1S/C25H25Cl2N5O7S2.C23H25F3N6O6S2/c26-14-2-1-12-3-4-32(25(35)36)21(16(12)6-14)17-8-20(40-23(17)27)22(34)18-9-29-11-30-24(18)31-15-5-13(19(33)7-15)10-39-41(28,37)38;1-11-14(20-22-31-18(23(24,25)26)8-32(22)2-3-37-20)6-17(39-11)19(34)15-7-28-10-29-21(15)30-13-4-12(16(33)5-13)9-38-40(27,35)36/h1-2,6,8-9,11,13,15,19,21,33H,3-5,7,10H2,(H,35,36)(H2,28,37,38)(H,29,30,31);6-8,10,12-13,16,20,33H,2-5,9H2,1H3,(H2,27,35,36)(H,28,29,30)/t13-,15-,19+,21+;12-,13-,16+,20+/m11/s1. The maximum absolute atomic E-state index is 13.7. The molecule has 2 saturated carbocycles. The van der Waals surface area contributed by atoms with E-state index in [1.165, 1.54) is 34.5 Å². The number of aliphatic hydroxyl groups is 2. The second kappa shape index (κ2) is 24.2. The van der Waals surface area contributed by atoms with E-state index < -0.39 is 86.3 Å². The number of hydrogen-bond acceptors (Lipinski definition) is 21. The molecule has 33 heteroatoms. The highest BCUT2D eigenvalue weighted by Crippen LogP contribution is 2.44. The summed E-state index contributed by atoms with van der Waals surface area (Å²) in [5, 5.41) is 47.1. The number of hydrogen-bond donors (Lipinski definition) is 7. The molecule has 24 nitrogen and oxygen atoms in total. The van der Waals surface area contributed by atoms with Crippen LogP contribution in [0.25, 0.3) is 0 Å². The molecular formula is C48H50Cl2F3N11O13S4. The predicted molar refractivity (Wildman–Crippen MR) is 286 cm³/mol. The van der Waals surface area contributed by atoms with Gasteiger partial charge in [0, 0.05) is 76.6 Å². The molecule has 5 aromatic heterocycles. The smallest absolute Gasteiger partial charge is 0.434 e. The number of ether oxygens (including phenoxy) is 1. The first-order valence-electron chi connectivity index (χ1n) is 24.6. The zero-order chi connectivity index (χ0) is 58.3. The van der Waals surface area contributed by atoms with Gasteiger partial charge in [-0.05, 0) is 74.4 Å². The molecule has 0 bridgehead atoms. The van der Waals surface area contributed by atoms with Gasteiger partial charge in [-0.3, -0.25) is 22.9 Å². The number of alkyl halides is 3. The van der Waals surface area contributed by atoms with E-state index in [1.807, 2.05) is 6.07 Å². The number of carbonyl (C=O) groups is 3. The van der Waals surface area contributed by atoms with Crippen LogP contribution in [0, 0.1) is 18.8 Å². The number of aryl methyl sites for hydroxylation is 1. The van der Waals surface area contributed by atoms with Gasteiger partial charge in [0.05, 0.1) is 63.3 Å². The Kier molecular flexibility index (Phi) is 17.9. The molecule has 2 aliphatic heterocycles. The minimum atomic E-state index is -4.60. The number of rotatable bonds is 16. The highest BCUT2D eigenvalue weighted by Gasteiger charge is 2.40. The fourth-order valence-corrected chi connectivity index (χ4v) is 13.4. The molecule has 1 aromatic carbocycles. The zero-order valence-electron chi connectivity index (χ0n) is 42.2. The van der Waals surface area contributed by atoms with E-state index in [1.54, 1.807) is 31.2 Å². The molecule has 0 spiro atoms. The summed E-state index contributed by atoms with van der Waals surface area (Å²) in [5.74, 6) is -1.27. The number of aliphatic hydroxyl groups excluding tert-OH is 2. The first kappa shape index (κ1) is 59.8. The summed E-state index contributed by atoms with van der Waals surface area (Å²) in [5.41, 5.74) is 1.95. The van der Waals surface area contributed by atoms with Crippen LogP contribution in [0.15, 0.2) is 61.6 Å². The molecule has 2 fully saturated rings. The van der Waals surface area contributed by atoms with Gasteiger partial charge in [-0.1, -0.05) is 29.3 Å². The Morgan fingerprint density at radius 3 is 1.91 bits per heavy atom. The van der Waals surface area contributed by atoms with Gasteiger partial charge in [-0.15, -0.1) is 22.7 Å². The van der Waals surface area contributed by atoms with E-state index >= 15 is 0 Å². The van der Waals surface area contributed by atoms with Crippen molar-refractivity contribution in [3.63, 3.8) is 0 Å². The van der Waals surface area contributed by atoms with Gasteiger partial charge in [0.15, 0.2) is 5.69 Å². The third-order valence-corrected chi connectivity index (χ3v) is 17.6. The average molecular weight is 1250 g/mol. The molecule has 6 aromatic rings. The largest absolute Gasteiger partial charge is 0.465 e. The van der Waals surface area contributed by atoms with Crippen LogP contribution in [-0.2, 0) is 52.9 Å². The maximum atomic E-state index is 13.7. The quantitative estimate of drug-likeness (QED) is 0.0575. The van der Waals surface area contributed by atoms with Crippen LogP contribution in [0.2, 0.25) is 9.36 Å². The second-order valence-corrected chi connectivity index (χ2v) is 25.2. The molecule has 1 amide bonds. The van der Waals surface area contributed by atoms with Crippen LogP contribution in [0.4, 0.5) is 29.6 Å². The summed E-state index contributed by atoms with van der Waals surface area (Å²) in [6.45, 7) is 1.86. The highest BCUT2D eigenvalue weighted by molar-refractivity contribution is 7.84. The van der Waals surface area contributed by atoms with E-state index in [9.17, 15) is 59.7 Å². The number of aromatic nitrogens is 6. The van der Waals surface area contributed by atoms with Crippen molar-refractivity contribution in [3.8, 4) is 0 Å². The first-order valence-corrected chi connectivity index (χ1v) is 29.9. The molecular weight excluding hydrogens is 1190 g/mol. The number of benzene rings is 1. The molecule has 0 unspecified atom stereocenters. The molecule has 2 aliphatic carbocycles. The van der Waals surface area contributed by atoms with E-state index in [0.29, 0.717) is 50.7 Å². The Morgan fingerprint density at radius 2 is 1.37 bits per heavy atom. The number of nitrogens with one attached hydrogen (secondary N) is 2. The minimum absolute atomic E-state index is 0.115. The fourth-order valence-electron chi connectivity index (χ4n) is 10.2. The number of anilines is 2. The molecule has 9 N–H and O–H groups in total. The fraction of sp³-hybridized carbons (Fsp3) is 0.417. The van der Waals surface area contributed by atoms with Gasteiger partial charge in [0.1, 0.15) is 36.2 Å². The Bertz CT molecular complexity index is 3590. The van der Waals surface area contributed by atoms with Crippen molar-refractivity contribution in [2.75, 3.05) is 37.0 Å². The third-order valence-electron chi connectivity index (χ3n) is 14.0. The molecule has 8 atom stereocenters. The lowest BCUT2D eigenvalue weighted by molar-refractivity contribution is -0.141. The van der Waals surface area contributed by atoms with Crippen molar-refractivity contribution in [1.82, 2.24) is 34.4 Å². The summed E-state index contributed by atoms with van der Waals surface area (Å²) >= 11 is 15.1. The molecule has 0 radical (unpaired) electrons. The van der Waals surface area contributed by atoms with Crippen molar-refractivity contribution >= 4 is 95.8 Å². The summed E-state index contributed by atoms with van der Waals surface area (Å²) in [4.78, 5) is 62.0. The Labute approximate surface area is 478 Å². The second-order valence-electron chi connectivity index (χ2n) is 19.4. The van der Waals surface area contributed by atoms with Crippen molar-refractivity contribution in [2.24, 2.45) is 22.1 Å². The topological polar surface area (TPSA) is 357 Å². The number of fused-ring (bicyclic) bond motifs is 2. The average Bonchev–Trinajstić information content (AvgIpc) is 4.20.